The van der Waals surface area contributed by atoms with E-state index in [2.05, 4.69) is 5.32 Å². The summed E-state index contributed by atoms with van der Waals surface area (Å²) in [5.74, 6) is 0.321. The molecular weight excluding hydrogens is 334 g/mol. The highest BCUT2D eigenvalue weighted by molar-refractivity contribution is 5.95. The summed E-state index contributed by atoms with van der Waals surface area (Å²) in [6.45, 7) is 0.330. The van der Waals surface area contributed by atoms with Gasteiger partial charge in [0.15, 0.2) is 18.1 Å². The molecule has 0 saturated heterocycles. The van der Waals surface area contributed by atoms with Gasteiger partial charge in [-0.15, -0.1) is 12.4 Å². The summed E-state index contributed by atoms with van der Waals surface area (Å²) in [4.78, 5) is 23.2. The molecule has 2 atom stereocenters. The van der Waals surface area contributed by atoms with Crippen LogP contribution < -0.4 is 26.3 Å². The van der Waals surface area contributed by atoms with E-state index in [1.165, 1.54) is 7.11 Å². The normalized spacial score (nSPS) is 19.2. The number of primary amides is 1. The van der Waals surface area contributed by atoms with Crippen molar-refractivity contribution in [2.45, 2.75) is 25.3 Å². The molecule has 24 heavy (non-hydrogen) atoms. The Balaban J connectivity index is 0.00000288. The Morgan fingerprint density at radius 1 is 1.29 bits per heavy atom. The van der Waals surface area contributed by atoms with E-state index in [1.807, 2.05) is 0 Å². The summed E-state index contributed by atoms with van der Waals surface area (Å²) >= 11 is 0. The van der Waals surface area contributed by atoms with Crippen LogP contribution in [0.4, 0.5) is 0 Å². The molecule has 0 spiro atoms. The van der Waals surface area contributed by atoms with Crippen molar-refractivity contribution in [1.82, 2.24) is 5.32 Å². The molecule has 134 valence electrons. The molecule has 5 N–H and O–H groups in total. The number of carbonyl (C=O) groups excluding carboxylic acids is 2. The molecule has 1 aliphatic rings. The van der Waals surface area contributed by atoms with Crippen LogP contribution in [0.15, 0.2) is 18.2 Å². The Hall–Kier alpha value is -1.99. The average Bonchev–Trinajstić information content (AvgIpc) is 2.99. The first kappa shape index (κ1) is 20.1. The van der Waals surface area contributed by atoms with Crippen LogP contribution in [0.5, 0.6) is 11.5 Å². The number of carbonyl (C=O) groups is 2. The maximum atomic E-state index is 12.4. The van der Waals surface area contributed by atoms with Crippen LogP contribution in [0.25, 0.3) is 0 Å². The van der Waals surface area contributed by atoms with Gasteiger partial charge >= 0.3 is 0 Å². The largest absolute Gasteiger partial charge is 0.493 e. The molecule has 2 unspecified atom stereocenters. The molecule has 0 aliphatic heterocycles. The molecule has 1 aromatic carbocycles. The van der Waals surface area contributed by atoms with Crippen molar-refractivity contribution in [3.05, 3.63) is 23.8 Å². The molecule has 1 fully saturated rings. The third kappa shape index (κ3) is 5.01. The molecule has 7 nitrogen and oxygen atoms in total. The molecule has 0 heterocycles. The van der Waals surface area contributed by atoms with E-state index < -0.39 is 5.91 Å². The highest BCUT2D eigenvalue weighted by atomic mass is 35.5. The van der Waals surface area contributed by atoms with Crippen LogP contribution in [0.3, 0.4) is 0 Å². The van der Waals surface area contributed by atoms with E-state index in [1.54, 1.807) is 18.2 Å². The quantitative estimate of drug-likeness (QED) is 0.668. The minimum atomic E-state index is -0.581. The smallest absolute Gasteiger partial charge is 0.255 e. The number of nitrogens with two attached hydrogens (primary N) is 2. The fourth-order valence-corrected chi connectivity index (χ4v) is 2.84. The molecule has 8 heteroatoms. The summed E-state index contributed by atoms with van der Waals surface area (Å²) in [7, 11) is 1.47. The zero-order chi connectivity index (χ0) is 16.8. The predicted octanol–water partition coefficient (Wildman–Crippen LogP) is 0.838. The van der Waals surface area contributed by atoms with Crippen LogP contribution in [-0.2, 0) is 4.79 Å². The van der Waals surface area contributed by atoms with Crippen LogP contribution in [0.2, 0.25) is 0 Å². The topological polar surface area (TPSA) is 117 Å². The van der Waals surface area contributed by atoms with E-state index in [0.717, 1.165) is 19.3 Å². The van der Waals surface area contributed by atoms with Crippen LogP contribution in [0, 0.1) is 5.92 Å². The second-order valence-electron chi connectivity index (χ2n) is 5.63. The molecule has 1 saturated carbocycles. The van der Waals surface area contributed by atoms with Gasteiger partial charge in [0.05, 0.1) is 7.11 Å². The van der Waals surface area contributed by atoms with Gasteiger partial charge in [0.1, 0.15) is 0 Å². The Labute approximate surface area is 147 Å². The SMILES string of the molecule is COc1cc(C(=O)NC2CCCC2CN)ccc1OCC(N)=O.Cl. The first-order valence-electron chi connectivity index (χ1n) is 7.65. The van der Waals surface area contributed by atoms with E-state index in [4.69, 9.17) is 20.9 Å². The second kappa shape index (κ2) is 9.34. The van der Waals surface area contributed by atoms with Crippen molar-refractivity contribution in [3.63, 3.8) is 0 Å². The Bertz CT molecular complexity index is 582. The monoisotopic (exact) mass is 357 g/mol. The van der Waals surface area contributed by atoms with Crippen molar-refractivity contribution in [1.29, 1.82) is 0 Å². The van der Waals surface area contributed by atoms with E-state index in [-0.39, 0.29) is 31.0 Å². The third-order valence-corrected chi connectivity index (χ3v) is 4.07. The number of hydrogen-bond acceptors (Lipinski definition) is 5. The van der Waals surface area contributed by atoms with E-state index in [9.17, 15) is 9.59 Å². The Kier molecular flexibility index (Phi) is 7.81. The predicted molar refractivity (Wildman–Crippen MR) is 92.6 cm³/mol. The maximum Gasteiger partial charge on any atom is 0.255 e. The molecule has 1 aliphatic carbocycles. The van der Waals surface area contributed by atoms with Gasteiger partial charge in [-0.2, -0.15) is 0 Å². The van der Waals surface area contributed by atoms with Crippen molar-refractivity contribution in [2.75, 3.05) is 20.3 Å². The van der Waals surface area contributed by atoms with Gasteiger partial charge < -0.3 is 26.3 Å². The molecule has 1 aromatic rings. The van der Waals surface area contributed by atoms with Gasteiger partial charge in [0.25, 0.3) is 11.8 Å². The molecule has 0 aromatic heterocycles. The number of methoxy groups -OCH3 is 1. The number of rotatable bonds is 7. The second-order valence-corrected chi connectivity index (χ2v) is 5.63. The lowest BCUT2D eigenvalue weighted by Crippen LogP contribution is -2.39. The summed E-state index contributed by atoms with van der Waals surface area (Å²) in [5.41, 5.74) is 11.3. The summed E-state index contributed by atoms with van der Waals surface area (Å²) in [6, 6.07) is 4.91. The van der Waals surface area contributed by atoms with Gasteiger partial charge in [-0.1, -0.05) is 6.42 Å². The number of halogens is 1. The van der Waals surface area contributed by atoms with Crippen LogP contribution >= 0.6 is 12.4 Å². The summed E-state index contributed by atoms with van der Waals surface area (Å²) in [5, 5.41) is 3.03. The van der Waals surface area contributed by atoms with E-state index >= 15 is 0 Å². The lowest BCUT2D eigenvalue weighted by Gasteiger charge is -2.20. The number of benzene rings is 1. The summed E-state index contributed by atoms with van der Waals surface area (Å²) < 4.78 is 10.4. The molecule has 0 radical (unpaired) electrons. The van der Waals surface area contributed by atoms with Gasteiger partial charge in [-0.3, -0.25) is 9.59 Å². The number of hydrogen-bond donors (Lipinski definition) is 3. The summed E-state index contributed by atoms with van der Waals surface area (Å²) in [6.07, 6.45) is 3.07. The fraction of sp³-hybridized carbons (Fsp3) is 0.500. The highest BCUT2D eigenvalue weighted by Crippen LogP contribution is 2.29. The van der Waals surface area contributed by atoms with Gasteiger partial charge in [-0.25, -0.2) is 0 Å². The van der Waals surface area contributed by atoms with Gasteiger partial charge in [0, 0.05) is 11.6 Å². The minimum absolute atomic E-state index is 0. The molecule has 2 amide bonds. The maximum absolute atomic E-state index is 12.4. The fourth-order valence-electron chi connectivity index (χ4n) is 2.84. The lowest BCUT2D eigenvalue weighted by atomic mass is 10.0. The van der Waals surface area contributed by atoms with Crippen molar-refractivity contribution in [2.24, 2.45) is 17.4 Å². The third-order valence-electron chi connectivity index (χ3n) is 4.07. The zero-order valence-electron chi connectivity index (χ0n) is 13.6. The first-order chi connectivity index (χ1) is 11.0. The Morgan fingerprint density at radius 2 is 2.04 bits per heavy atom. The number of nitrogens with one attached hydrogen (secondary N) is 1. The van der Waals surface area contributed by atoms with Gasteiger partial charge in [0.2, 0.25) is 0 Å². The molecule has 0 bridgehead atoms. The average molecular weight is 358 g/mol. The zero-order valence-corrected chi connectivity index (χ0v) is 14.4. The van der Waals surface area contributed by atoms with E-state index in [0.29, 0.717) is 29.5 Å². The van der Waals surface area contributed by atoms with Crippen molar-refractivity contribution in [3.8, 4) is 11.5 Å². The lowest BCUT2D eigenvalue weighted by molar-refractivity contribution is -0.119. The highest BCUT2D eigenvalue weighted by Gasteiger charge is 2.27. The van der Waals surface area contributed by atoms with Gasteiger partial charge in [-0.05, 0) is 43.5 Å². The number of amides is 2. The minimum Gasteiger partial charge on any atom is -0.493 e. The molecular formula is C16H24ClN3O4. The van der Waals surface area contributed by atoms with Crippen LogP contribution in [0.1, 0.15) is 29.6 Å². The standard InChI is InChI=1S/C16H23N3O4.ClH/c1-22-14-7-10(5-6-13(14)23-9-15(18)20)16(21)19-12-4-2-3-11(12)8-17;/h5-7,11-12H,2-4,8-9,17H2,1H3,(H2,18,20)(H,19,21);1H. The van der Waals surface area contributed by atoms with Crippen molar-refractivity contribution < 1.29 is 19.1 Å². The number of ether oxygens (including phenoxy) is 2. The van der Waals surface area contributed by atoms with Crippen LogP contribution in [-0.4, -0.2) is 38.1 Å². The van der Waals surface area contributed by atoms with Crippen molar-refractivity contribution >= 4 is 24.2 Å². The molecule has 2 rings (SSSR count). The first-order valence-corrected chi connectivity index (χ1v) is 7.65. The Morgan fingerprint density at radius 3 is 2.67 bits per heavy atom.